The van der Waals surface area contributed by atoms with Crippen LogP contribution < -0.4 is 4.74 Å². The smallest absolute Gasteiger partial charge is 0.417 e. The number of ether oxygens (including phenoxy) is 1. The number of halogens is 3. The first-order valence-electron chi connectivity index (χ1n) is 6.32. The van der Waals surface area contributed by atoms with Gasteiger partial charge in [-0.05, 0) is 31.6 Å². The Labute approximate surface area is 120 Å². The maximum atomic E-state index is 12.6. The van der Waals surface area contributed by atoms with Crippen molar-refractivity contribution in [2.45, 2.75) is 26.4 Å². The van der Waals surface area contributed by atoms with Crippen molar-refractivity contribution < 1.29 is 17.9 Å². The van der Waals surface area contributed by atoms with Crippen LogP contribution in [0.3, 0.4) is 0 Å². The Morgan fingerprint density at radius 3 is 2.62 bits per heavy atom. The predicted octanol–water partition coefficient (Wildman–Crippen LogP) is 3.82. The third-order valence-electron chi connectivity index (χ3n) is 2.67. The minimum Gasteiger partial charge on any atom is -0.438 e. The van der Waals surface area contributed by atoms with E-state index in [0.29, 0.717) is 18.1 Å². The number of aryl methyl sites for hydroxylation is 2. The maximum absolute atomic E-state index is 12.6. The summed E-state index contributed by atoms with van der Waals surface area (Å²) in [6.07, 6.45) is 0.692. The molecule has 0 radical (unpaired) electrons. The highest BCUT2D eigenvalue weighted by Gasteiger charge is 2.31. The van der Waals surface area contributed by atoms with E-state index in [1.165, 1.54) is 12.2 Å². The lowest BCUT2D eigenvalue weighted by molar-refractivity contribution is -0.0881. The van der Waals surface area contributed by atoms with Crippen LogP contribution in [0.25, 0.3) is 0 Å². The molecule has 0 aromatic carbocycles. The van der Waals surface area contributed by atoms with Crippen LogP contribution in [0.4, 0.5) is 13.2 Å². The van der Waals surface area contributed by atoms with Gasteiger partial charge < -0.3 is 4.74 Å². The molecule has 0 spiro atoms. The van der Waals surface area contributed by atoms with Gasteiger partial charge in [0.15, 0.2) is 0 Å². The lowest BCUT2D eigenvalue weighted by Crippen LogP contribution is -2.09. The van der Waals surface area contributed by atoms with Gasteiger partial charge in [0.1, 0.15) is 11.6 Å². The van der Waals surface area contributed by atoms with E-state index in [1.807, 2.05) is 6.92 Å². The summed E-state index contributed by atoms with van der Waals surface area (Å²) in [5, 5.41) is 0. The number of hydrogen-bond acceptors (Lipinski definition) is 3. The lowest BCUT2D eigenvalue weighted by Gasteiger charge is -2.07. The first kappa shape index (κ1) is 15.1. The molecule has 0 amide bonds. The monoisotopic (exact) mass is 294 g/mol. The highest BCUT2D eigenvalue weighted by Crippen LogP contribution is 2.27. The van der Waals surface area contributed by atoms with Gasteiger partial charge in [-0.1, -0.05) is 6.92 Å². The van der Waals surface area contributed by atoms with E-state index in [2.05, 4.69) is 15.7 Å². The number of hydrogen-bond donors (Lipinski definition) is 0. The minimum absolute atomic E-state index is 0.227. The zero-order valence-corrected chi connectivity index (χ0v) is 11.5. The summed E-state index contributed by atoms with van der Waals surface area (Å²) in [7, 11) is 0. The highest BCUT2D eigenvalue weighted by molar-refractivity contribution is 5.35. The van der Waals surface area contributed by atoms with Gasteiger partial charge in [-0.15, -0.1) is 5.73 Å². The number of alkyl halides is 3. The summed E-state index contributed by atoms with van der Waals surface area (Å²) < 4.78 is 43.2. The standard InChI is InChI=1S/C15H13F3N2O/c1-3-12-9-14(20-10(2)19-12)21-13-6-4-5-11(7-8-13)15(16,17)18/h5-9H,3H2,1-2H3. The molecule has 0 fully saturated rings. The summed E-state index contributed by atoms with van der Waals surface area (Å²) in [6, 6.07) is 1.66. The zero-order valence-electron chi connectivity index (χ0n) is 11.5. The van der Waals surface area contributed by atoms with Crippen LogP contribution >= 0.6 is 0 Å². The maximum Gasteiger partial charge on any atom is 0.417 e. The van der Waals surface area contributed by atoms with Gasteiger partial charge in [0.25, 0.3) is 0 Å². The molecular formula is C15H13F3N2O. The molecular weight excluding hydrogens is 281 g/mol. The van der Waals surface area contributed by atoms with E-state index < -0.39 is 11.7 Å². The second-order valence-corrected chi connectivity index (χ2v) is 4.34. The second kappa shape index (κ2) is 5.97. The number of nitrogens with zero attached hydrogens (tertiary/aromatic N) is 2. The molecule has 1 aromatic heterocycles. The molecule has 0 saturated carbocycles. The van der Waals surface area contributed by atoms with Crippen molar-refractivity contribution in [2.75, 3.05) is 0 Å². The Balaban J connectivity index is 2.25. The van der Waals surface area contributed by atoms with Crippen molar-refractivity contribution in [1.82, 2.24) is 9.97 Å². The first-order valence-corrected chi connectivity index (χ1v) is 6.32. The normalized spacial score (nSPS) is 14.5. The molecule has 0 atom stereocenters. The first-order chi connectivity index (χ1) is 9.88. The van der Waals surface area contributed by atoms with Gasteiger partial charge in [-0.2, -0.15) is 18.2 Å². The van der Waals surface area contributed by atoms with E-state index in [0.717, 1.165) is 17.8 Å². The Hall–Kier alpha value is -2.33. The molecule has 0 aliphatic heterocycles. The van der Waals surface area contributed by atoms with E-state index in [1.54, 1.807) is 13.0 Å². The Kier molecular flexibility index (Phi) is 4.29. The second-order valence-electron chi connectivity index (χ2n) is 4.34. The summed E-state index contributed by atoms with van der Waals surface area (Å²) in [5.74, 6) is 1.07. The van der Waals surface area contributed by atoms with E-state index in [-0.39, 0.29) is 5.76 Å². The molecule has 1 aliphatic rings. The van der Waals surface area contributed by atoms with Crippen molar-refractivity contribution >= 4 is 0 Å². The largest absolute Gasteiger partial charge is 0.438 e. The van der Waals surface area contributed by atoms with Crippen LogP contribution in [0.2, 0.25) is 0 Å². The van der Waals surface area contributed by atoms with Gasteiger partial charge in [0, 0.05) is 17.8 Å². The van der Waals surface area contributed by atoms with Crippen LogP contribution in [0.5, 0.6) is 5.88 Å². The Morgan fingerprint density at radius 2 is 1.95 bits per heavy atom. The Morgan fingerprint density at radius 1 is 1.19 bits per heavy atom. The van der Waals surface area contributed by atoms with Crippen LogP contribution in [0.1, 0.15) is 18.4 Å². The van der Waals surface area contributed by atoms with E-state index >= 15 is 0 Å². The van der Waals surface area contributed by atoms with Gasteiger partial charge in [0.2, 0.25) is 5.88 Å². The molecule has 1 aromatic rings. The van der Waals surface area contributed by atoms with Crippen molar-refractivity contribution in [2.24, 2.45) is 0 Å². The van der Waals surface area contributed by atoms with Gasteiger partial charge in [-0.25, -0.2) is 4.98 Å². The fourth-order valence-corrected chi connectivity index (χ4v) is 1.68. The summed E-state index contributed by atoms with van der Waals surface area (Å²) >= 11 is 0. The highest BCUT2D eigenvalue weighted by atomic mass is 19.4. The van der Waals surface area contributed by atoms with Gasteiger partial charge in [-0.3, -0.25) is 0 Å². The molecule has 110 valence electrons. The predicted molar refractivity (Wildman–Crippen MR) is 71.6 cm³/mol. The molecule has 6 heteroatoms. The molecule has 0 bridgehead atoms. The number of allylic oxidation sites excluding steroid dienone is 4. The van der Waals surface area contributed by atoms with Gasteiger partial charge in [0.05, 0.1) is 5.57 Å². The molecule has 0 unspecified atom stereocenters. The van der Waals surface area contributed by atoms with Crippen LogP contribution in [0, 0.1) is 6.92 Å². The fourth-order valence-electron chi connectivity index (χ4n) is 1.68. The molecule has 0 saturated heterocycles. The van der Waals surface area contributed by atoms with Crippen molar-refractivity contribution in [3.8, 4) is 5.88 Å². The fraction of sp³-hybridized carbons (Fsp3) is 0.267. The Bertz CT molecular complexity index is 666. The molecule has 21 heavy (non-hydrogen) atoms. The van der Waals surface area contributed by atoms with Crippen molar-refractivity contribution in [1.29, 1.82) is 0 Å². The van der Waals surface area contributed by atoms with Gasteiger partial charge >= 0.3 is 6.18 Å². The van der Waals surface area contributed by atoms with E-state index in [9.17, 15) is 13.2 Å². The molecule has 2 rings (SSSR count). The third kappa shape index (κ3) is 4.07. The summed E-state index contributed by atoms with van der Waals surface area (Å²) in [6.45, 7) is 3.67. The van der Waals surface area contributed by atoms with Crippen LogP contribution in [0.15, 0.2) is 47.4 Å². The minimum atomic E-state index is -4.41. The SMILES string of the molecule is CCc1cc(OC2=CC=C(C(F)(F)F)C=C=C2)nc(C)n1. The number of rotatable bonds is 3. The van der Waals surface area contributed by atoms with Crippen LogP contribution in [-0.2, 0) is 6.42 Å². The average Bonchev–Trinajstić information content (AvgIpc) is 2.63. The average molecular weight is 294 g/mol. The van der Waals surface area contributed by atoms with Crippen molar-refractivity contribution in [3.63, 3.8) is 0 Å². The van der Waals surface area contributed by atoms with Crippen LogP contribution in [-0.4, -0.2) is 16.1 Å². The number of aromatic nitrogens is 2. The van der Waals surface area contributed by atoms with Crippen molar-refractivity contribution in [3.05, 3.63) is 59.0 Å². The van der Waals surface area contributed by atoms with E-state index in [4.69, 9.17) is 4.74 Å². The molecule has 0 N–H and O–H groups in total. The zero-order chi connectivity index (χ0) is 15.5. The topological polar surface area (TPSA) is 35.0 Å². The lowest BCUT2D eigenvalue weighted by atomic mass is 10.2. The quantitative estimate of drug-likeness (QED) is 0.795. The molecule has 3 nitrogen and oxygen atoms in total. The third-order valence-corrected chi connectivity index (χ3v) is 2.67. The summed E-state index contributed by atoms with van der Waals surface area (Å²) in [5.41, 5.74) is 2.46. The summed E-state index contributed by atoms with van der Waals surface area (Å²) in [4.78, 5) is 8.30. The molecule has 1 heterocycles. The molecule has 1 aliphatic carbocycles.